The number of nitrogens with one attached hydrogen (secondary N) is 1. The molecular weight excluding hydrogens is 342 g/mol. The molecule has 0 unspecified atom stereocenters. The first kappa shape index (κ1) is 16.6. The topological polar surface area (TPSA) is 99.0 Å². The predicted molar refractivity (Wildman–Crippen MR) is 101 cm³/mol. The highest BCUT2D eigenvalue weighted by Gasteiger charge is 2.18. The molecule has 134 valence electrons. The molecule has 1 amide bonds. The zero-order valence-corrected chi connectivity index (χ0v) is 14.4. The summed E-state index contributed by atoms with van der Waals surface area (Å²) in [6, 6.07) is 19.1. The van der Waals surface area contributed by atoms with Crippen LogP contribution >= 0.6 is 0 Å². The lowest BCUT2D eigenvalue weighted by atomic mass is 10.2. The first-order chi connectivity index (χ1) is 13.2. The number of anilines is 1. The van der Waals surface area contributed by atoms with E-state index in [-0.39, 0.29) is 17.5 Å². The lowest BCUT2D eigenvalue weighted by Gasteiger charge is -2.03. The van der Waals surface area contributed by atoms with Gasteiger partial charge in [0.25, 0.3) is 5.91 Å². The van der Waals surface area contributed by atoms with Crippen LogP contribution in [0.2, 0.25) is 0 Å². The number of nitrogens with zero attached hydrogens (tertiary/aromatic N) is 3. The quantitative estimate of drug-likeness (QED) is 0.571. The summed E-state index contributed by atoms with van der Waals surface area (Å²) in [5.41, 5.74) is 8.73. The first-order valence-electron chi connectivity index (χ1n) is 8.39. The zero-order chi connectivity index (χ0) is 18.6. The van der Waals surface area contributed by atoms with Crippen LogP contribution in [0, 0.1) is 0 Å². The van der Waals surface area contributed by atoms with Crippen LogP contribution in [-0.2, 0) is 6.54 Å². The van der Waals surface area contributed by atoms with Crippen LogP contribution < -0.4 is 11.1 Å². The van der Waals surface area contributed by atoms with Gasteiger partial charge in [-0.25, -0.2) is 9.67 Å². The molecule has 27 heavy (non-hydrogen) atoms. The second-order valence-corrected chi connectivity index (χ2v) is 5.90. The van der Waals surface area contributed by atoms with Crippen LogP contribution in [0.15, 0.2) is 77.5 Å². The lowest BCUT2D eigenvalue weighted by Crippen LogP contribution is -2.23. The highest BCUT2D eigenvalue weighted by Crippen LogP contribution is 2.27. The van der Waals surface area contributed by atoms with E-state index in [1.165, 1.54) is 6.26 Å². The third-order valence-electron chi connectivity index (χ3n) is 4.07. The van der Waals surface area contributed by atoms with E-state index < -0.39 is 0 Å². The Morgan fingerprint density at radius 2 is 1.78 bits per heavy atom. The van der Waals surface area contributed by atoms with Gasteiger partial charge in [0.05, 0.1) is 17.4 Å². The van der Waals surface area contributed by atoms with Crippen molar-refractivity contribution >= 4 is 11.7 Å². The molecule has 2 heterocycles. The Morgan fingerprint density at radius 1 is 1.07 bits per heavy atom. The summed E-state index contributed by atoms with van der Waals surface area (Å²) >= 11 is 0. The Labute approximate surface area is 155 Å². The van der Waals surface area contributed by atoms with Crippen LogP contribution in [-0.4, -0.2) is 20.7 Å². The molecule has 2 aromatic carbocycles. The van der Waals surface area contributed by atoms with Crippen molar-refractivity contribution in [2.24, 2.45) is 0 Å². The fraction of sp³-hybridized carbons (Fsp3) is 0.0500. The largest absolute Gasteiger partial charge is 0.443 e. The number of amides is 1. The van der Waals surface area contributed by atoms with E-state index in [0.29, 0.717) is 17.9 Å². The average molecular weight is 359 g/mol. The number of hydrogen-bond donors (Lipinski definition) is 2. The smallest absolute Gasteiger partial charge is 0.273 e. The molecular formula is C20H17N5O2. The van der Waals surface area contributed by atoms with Crippen LogP contribution in [0.4, 0.5) is 5.82 Å². The Kier molecular flexibility index (Phi) is 4.40. The molecule has 0 fully saturated rings. The summed E-state index contributed by atoms with van der Waals surface area (Å²) in [5, 5.41) is 7.10. The van der Waals surface area contributed by atoms with Crippen molar-refractivity contribution in [2.45, 2.75) is 6.54 Å². The van der Waals surface area contributed by atoms with Crippen molar-refractivity contribution in [3.63, 3.8) is 0 Å². The normalized spacial score (nSPS) is 10.7. The molecule has 0 spiro atoms. The molecule has 4 aromatic rings. The van der Waals surface area contributed by atoms with Gasteiger partial charge < -0.3 is 15.5 Å². The van der Waals surface area contributed by atoms with Gasteiger partial charge in [-0.1, -0.05) is 48.5 Å². The number of carbonyl (C=O) groups is 1. The van der Waals surface area contributed by atoms with E-state index in [9.17, 15) is 4.79 Å². The molecule has 0 saturated carbocycles. The Morgan fingerprint density at radius 3 is 2.52 bits per heavy atom. The van der Waals surface area contributed by atoms with Crippen LogP contribution in [0.1, 0.15) is 16.1 Å². The van der Waals surface area contributed by atoms with E-state index in [4.69, 9.17) is 10.2 Å². The number of oxazole rings is 1. The van der Waals surface area contributed by atoms with Gasteiger partial charge in [0.1, 0.15) is 12.1 Å². The Balaban J connectivity index is 1.51. The van der Waals surface area contributed by atoms with E-state index in [1.807, 2.05) is 60.7 Å². The monoisotopic (exact) mass is 359 g/mol. The molecule has 0 saturated heterocycles. The molecule has 2 aromatic heterocycles. The lowest BCUT2D eigenvalue weighted by molar-refractivity contribution is 0.0946. The van der Waals surface area contributed by atoms with E-state index in [2.05, 4.69) is 15.4 Å². The van der Waals surface area contributed by atoms with Crippen molar-refractivity contribution in [1.29, 1.82) is 0 Å². The maximum Gasteiger partial charge on any atom is 0.273 e. The fourth-order valence-electron chi connectivity index (χ4n) is 2.67. The predicted octanol–water partition coefficient (Wildman–Crippen LogP) is 3.04. The average Bonchev–Trinajstić information content (AvgIpc) is 3.34. The summed E-state index contributed by atoms with van der Waals surface area (Å²) in [6.07, 6.45) is 2.88. The molecule has 0 atom stereocenters. The summed E-state index contributed by atoms with van der Waals surface area (Å²) < 4.78 is 7.04. The molecule has 0 bridgehead atoms. The third-order valence-corrected chi connectivity index (χ3v) is 4.07. The molecule has 7 nitrogen and oxygen atoms in total. The maximum atomic E-state index is 12.3. The molecule has 0 aliphatic heterocycles. The van der Waals surface area contributed by atoms with E-state index >= 15 is 0 Å². The molecule has 0 radical (unpaired) electrons. The molecule has 0 aliphatic rings. The van der Waals surface area contributed by atoms with Gasteiger partial charge in [-0.3, -0.25) is 4.79 Å². The minimum atomic E-state index is -0.317. The number of nitrogen functional groups attached to an aromatic ring is 1. The number of carbonyl (C=O) groups excluding carboxylic acids is 1. The van der Waals surface area contributed by atoms with Gasteiger partial charge in [-0.15, -0.1) is 0 Å². The number of nitrogens with two attached hydrogens (primary N) is 1. The Hall–Kier alpha value is -3.87. The highest BCUT2D eigenvalue weighted by atomic mass is 16.3. The molecule has 4 rings (SSSR count). The number of para-hydroxylation sites is 1. The maximum absolute atomic E-state index is 12.3. The van der Waals surface area contributed by atoms with Crippen LogP contribution in [0.3, 0.4) is 0 Å². The fourth-order valence-corrected chi connectivity index (χ4v) is 2.67. The van der Waals surface area contributed by atoms with Crippen LogP contribution in [0.5, 0.6) is 0 Å². The summed E-state index contributed by atoms with van der Waals surface area (Å²) in [5.74, 6) is 0.321. The summed E-state index contributed by atoms with van der Waals surface area (Å²) in [7, 11) is 0. The van der Waals surface area contributed by atoms with Crippen molar-refractivity contribution in [3.8, 4) is 17.1 Å². The van der Waals surface area contributed by atoms with Crippen molar-refractivity contribution < 1.29 is 9.21 Å². The molecule has 3 N–H and O–H groups in total. The minimum Gasteiger partial charge on any atom is -0.443 e. The van der Waals surface area contributed by atoms with Gasteiger partial charge in [0.15, 0.2) is 5.69 Å². The summed E-state index contributed by atoms with van der Waals surface area (Å²) in [6.45, 7) is 0.413. The zero-order valence-electron chi connectivity index (χ0n) is 14.4. The minimum absolute atomic E-state index is 0.188. The number of hydrogen-bond acceptors (Lipinski definition) is 5. The molecule has 7 heteroatoms. The van der Waals surface area contributed by atoms with E-state index in [1.54, 1.807) is 10.9 Å². The summed E-state index contributed by atoms with van der Waals surface area (Å²) in [4.78, 5) is 16.5. The highest BCUT2D eigenvalue weighted by molar-refractivity contribution is 5.92. The number of benzene rings is 2. The van der Waals surface area contributed by atoms with Gasteiger partial charge in [-0.2, -0.15) is 5.10 Å². The Bertz CT molecular complexity index is 1050. The standard InChI is InChI=1S/C20H17N5O2/c21-18-16(12-23-25(18)15-9-5-2-6-10-15)20-24-17(13-27-20)19(26)22-11-14-7-3-1-4-8-14/h1-10,12-13H,11,21H2,(H,22,26). The van der Waals surface area contributed by atoms with Gasteiger partial charge in [-0.05, 0) is 17.7 Å². The van der Waals surface area contributed by atoms with Gasteiger partial charge in [0.2, 0.25) is 5.89 Å². The first-order valence-corrected chi connectivity index (χ1v) is 8.39. The van der Waals surface area contributed by atoms with Crippen molar-refractivity contribution in [2.75, 3.05) is 5.73 Å². The van der Waals surface area contributed by atoms with Crippen molar-refractivity contribution in [1.82, 2.24) is 20.1 Å². The third kappa shape index (κ3) is 3.43. The SMILES string of the molecule is Nc1c(-c2nc(C(=O)NCc3ccccc3)co2)cnn1-c1ccccc1. The van der Waals surface area contributed by atoms with Gasteiger partial charge >= 0.3 is 0 Å². The van der Waals surface area contributed by atoms with E-state index in [0.717, 1.165) is 11.3 Å². The molecule has 0 aliphatic carbocycles. The second-order valence-electron chi connectivity index (χ2n) is 5.90. The van der Waals surface area contributed by atoms with Crippen molar-refractivity contribution in [3.05, 3.63) is 84.4 Å². The van der Waals surface area contributed by atoms with Gasteiger partial charge in [0, 0.05) is 6.54 Å². The second kappa shape index (κ2) is 7.17. The number of rotatable bonds is 5. The number of aromatic nitrogens is 3. The van der Waals surface area contributed by atoms with Crippen LogP contribution in [0.25, 0.3) is 17.1 Å².